The largest absolute Gasteiger partial charge is 0.457 e. The lowest BCUT2D eigenvalue weighted by atomic mass is 9.85. The minimum absolute atomic E-state index is 0.0202. The number of para-hydroxylation sites is 1. The van der Waals surface area contributed by atoms with E-state index in [2.05, 4.69) is 6.92 Å². The molecule has 3 aromatic rings. The number of rotatable bonds is 4. The van der Waals surface area contributed by atoms with Crippen LogP contribution in [0.15, 0.2) is 81.0 Å². The SMILES string of the molecule is C[C@H]1CCCC[C@H]1N1C(=O)/C(=C/c2ccc(-c3ccc(F)cc3)o2)SC1=Nc1ccccc1. The van der Waals surface area contributed by atoms with Crippen molar-refractivity contribution in [3.8, 4) is 11.3 Å². The predicted molar refractivity (Wildman–Crippen MR) is 131 cm³/mol. The molecule has 0 bridgehead atoms. The summed E-state index contributed by atoms with van der Waals surface area (Å²) < 4.78 is 19.2. The van der Waals surface area contributed by atoms with E-state index in [0.29, 0.717) is 22.3 Å². The van der Waals surface area contributed by atoms with E-state index >= 15 is 0 Å². The van der Waals surface area contributed by atoms with Crippen molar-refractivity contribution in [2.24, 2.45) is 10.9 Å². The predicted octanol–water partition coefficient (Wildman–Crippen LogP) is 7.27. The lowest BCUT2D eigenvalue weighted by Gasteiger charge is -2.35. The Kier molecular flexibility index (Phi) is 6.18. The van der Waals surface area contributed by atoms with E-state index in [1.54, 1.807) is 18.2 Å². The van der Waals surface area contributed by atoms with Gasteiger partial charge in [-0.2, -0.15) is 0 Å². The fourth-order valence-electron chi connectivity index (χ4n) is 4.48. The van der Waals surface area contributed by atoms with Crippen LogP contribution in [0.25, 0.3) is 17.4 Å². The maximum atomic E-state index is 13.5. The highest BCUT2D eigenvalue weighted by molar-refractivity contribution is 8.18. The van der Waals surface area contributed by atoms with Crippen molar-refractivity contribution in [3.05, 3.63) is 83.2 Å². The molecule has 0 N–H and O–H groups in total. The Morgan fingerprint density at radius 1 is 1.03 bits per heavy atom. The summed E-state index contributed by atoms with van der Waals surface area (Å²) in [6, 6.07) is 19.7. The number of amides is 1. The number of amidine groups is 1. The van der Waals surface area contributed by atoms with Crippen LogP contribution < -0.4 is 0 Å². The van der Waals surface area contributed by atoms with Gasteiger partial charge in [-0.3, -0.25) is 9.69 Å². The molecule has 1 saturated carbocycles. The third kappa shape index (κ3) is 4.67. The Bertz CT molecular complexity index is 1200. The molecule has 33 heavy (non-hydrogen) atoms. The lowest BCUT2D eigenvalue weighted by Crippen LogP contribution is -2.44. The van der Waals surface area contributed by atoms with Crippen molar-refractivity contribution < 1.29 is 13.6 Å². The molecule has 4 nitrogen and oxygen atoms in total. The second-order valence-corrected chi connectivity index (χ2v) is 9.56. The zero-order valence-electron chi connectivity index (χ0n) is 18.4. The van der Waals surface area contributed by atoms with Crippen LogP contribution in [0.1, 0.15) is 38.4 Å². The number of benzene rings is 2. The molecule has 0 spiro atoms. The van der Waals surface area contributed by atoms with Gasteiger partial charge in [-0.1, -0.05) is 38.0 Å². The standard InChI is InChI=1S/C27H25FN2O2S/c1-18-7-5-6-10-23(18)30-26(31)25(33-27(30)29-21-8-3-2-4-9-21)17-22-15-16-24(32-22)19-11-13-20(28)14-12-19/h2-4,8-9,11-18,23H,5-7,10H2,1H3/b25-17-,29-27?/t18-,23+/m0/s1. The Balaban J connectivity index is 1.47. The van der Waals surface area contributed by atoms with E-state index in [0.717, 1.165) is 35.7 Å². The van der Waals surface area contributed by atoms with Crippen molar-refractivity contribution >= 4 is 34.6 Å². The average molecular weight is 461 g/mol. The maximum Gasteiger partial charge on any atom is 0.267 e. The van der Waals surface area contributed by atoms with Crippen LogP contribution in [0.4, 0.5) is 10.1 Å². The quantitative estimate of drug-likeness (QED) is 0.385. The molecular formula is C27H25FN2O2S. The number of carbonyl (C=O) groups is 1. The van der Waals surface area contributed by atoms with Gasteiger partial charge in [0.15, 0.2) is 5.17 Å². The van der Waals surface area contributed by atoms with E-state index in [1.165, 1.54) is 30.3 Å². The summed E-state index contributed by atoms with van der Waals surface area (Å²) in [5, 5.41) is 0.724. The fraction of sp³-hybridized carbons (Fsp3) is 0.259. The minimum atomic E-state index is -0.289. The number of thioether (sulfide) groups is 1. The summed E-state index contributed by atoms with van der Waals surface area (Å²) in [6.45, 7) is 2.23. The summed E-state index contributed by atoms with van der Waals surface area (Å²) in [5.74, 6) is 1.34. The van der Waals surface area contributed by atoms with Crippen LogP contribution in [0.5, 0.6) is 0 Å². The van der Waals surface area contributed by atoms with E-state index in [-0.39, 0.29) is 17.8 Å². The second kappa shape index (κ2) is 9.40. The fourth-order valence-corrected chi connectivity index (χ4v) is 5.50. The van der Waals surface area contributed by atoms with Crippen molar-refractivity contribution in [1.29, 1.82) is 0 Å². The molecule has 2 heterocycles. The normalized spacial score (nSPS) is 23.6. The molecular weight excluding hydrogens is 435 g/mol. The van der Waals surface area contributed by atoms with Gasteiger partial charge in [-0.05, 0) is 79.1 Å². The number of hydrogen-bond donors (Lipinski definition) is 0. The molecule has 2 atom stereocenters. The third-order valence-corrected chi connectivity index (χ3v) is 7.23. The highest BCUT2D eigenvalue weighted by atomic mass is 32.2. The number of carbonyl (C=O) groups excluding carboxylic acids is 1. The molecule has 1 saturated heterocycles. The number of halogens is 1. The number of hydrogen-bond acceptors (Lipinski definition) is 4. The first-order valence-electron chi connectivity index (χ1n) is 11.3. The van der Waals surface area contributed by atoms with Crippen molar-refractivity contribution in [3.63, 3.8) is 0 Å². The average Bonchev–Trinajstić information content (AvgIpc) is 3.40. The Morgan fingerprint density at radius 2 is 1.79 bits per heavy atom. The van der Waals surface area contributed by atoms with Gasteiger partial charge < -0.3 is 4.42 Å². The monoisotopic (exact) mass is 460 g/mol. The molecule has 0 unspecified atom stereocenters. The van der Waals surface area contributed by atoms with E-state index in [9.17, 15) is 9.18 Å². The maximum absolute atomic E-state index is 13.5. The molecule has 2 aliphatic rings. The van der Waals surface area contributed by atoms with Crippen molar-refractivity contribution in [1.82, 2.24) is 4.90 Å². The molecule has 2 fully saturated rings. The molecule has 6 heteroatoms. The van der Waals surface area contributed by atoms with Gasteiger partial charge in [0.05, 0.1) is 10.6 Å². The van der Waals surface area contributed by atoms with Crippen LogP contribution in [-0.4, -0.2) is 22.0 Å². The first-order chi connectivity index (χ1) is 16.1. The first kappa shape index (κ1) is 21.7. The zero-order valence-corrected chi connectivity index (χ0v) is 19.2. The van der Waals surface area contributed by atoms with Gasteiger partial charge in [-0.15, -0.1) is 0 Å². The molecule has 1 aromatic heterocycles. The Morgan fingerprint density at radius 3 is 2.55 bits per heavy atom. The summed E-state index contributed by atoms with van der Waals surface area (Å²) >= 11 is 1.40. The molecule has 1 amide bonds. The summed E-state index contributed by atoms with van der Waals surface area (Å²) in [7, 11) is 0. The molecule has 0 radical (unpaired) electrons. The summed E-state index contributed by atoms with van der Waals surface area (Å²) in [6.07, 6.45) is 6.23. The number of aliphatic imine (C=N–C) groups is 1. The van der Waals surface area contributed by atoms with Crippen molar-refractivity contribution in [2.75, 3.05) is 0 Å². The molecule has 1 aliphatic heterocycles. The van der Waals surface area contributed by atoms with Crippen LogP contribution in [0.2, 0.25) is 0 Å². The highest BCUT2D eigenvalue weighted by Crippen LogP contribution is 2.40. The molecule has 168 valence electrons. The lowest BCUT2D eigenvalue weighted by molar-refractivity contribution is -0.124. The second-order valence-electron chi connectivity index (χ2n) is 8.55. The first-order valence-corrected chi connectivity index (χ1v) is 12.1. The number of nitrogens with zero attached hydrogens (tertiary/aromatic N) is 2. The summed E-state index contributed by atoms with van der Waals surface area (Å²) in [5.41, 5.74) is 1.62. The van der Waals surface area contributed by atoms with E-state index in [1.807, 2.05) is 47.4 Å². The third-order valence-electron chi connectivity index (χ3n) is 6.24. The van der Waals surface area contributed by atoms with Gasteiger partial charge >= 0.3 is 0 Å². The van der Waals surface area contributed by atoms with Gasteiger partial charge in [0.2, 0.25) is 0 Å². The van der Waals surface area contributed by atoms with Gasteiger partial charge in [-0.25, -0.2) is 9.38 Å². The number of furan rings is 1. The Hall–Kier alpha value is -3.12. The molecule has 2 aromatic carbocycles. The van der Waals surface area contributed by atoms with Crippen LogP contribution in [0.3, 0.4) is 0 Å². The summed E-state index contributed by atoms with van der Waals surface area (Å²) in [4.78, 5) is 20.9. The Labute approximate surface area is 197 Å². The topological polar surface area (TPSA) is 45.8 Å². The van der Waals surface area contributed by atoms with E-state index in [4.69, 9.17) is 9.41 Å². The van der Waals surface area contributed by atoms with E-state index < -0.39 is 0 Å². The highest BCUT2D eigenvalue weighted by Gasteiger charge is 2.41. The smallest absolute Gasteiger partial charge is 0.267 e. The van der Waals surface area contributed by atoms with Crippen LogP contribution in [0, 0.1) is 11.7 Å². The van der Waals surface area contributed by atoms with Gasteiger partial charge in [0, 0.05) is 17.7 Å². The van der Waals surface area contributed by atoms with Crippen LogP contribution in [-0.2, 0) is 4.79 Å². The van der Waals surface area contributed by atoms with Crippen LogP contribution >= 0.6 is 11.8 Å². The molecule has 5 rings (SSSR count). The van der Waals surface area contributed by atoms with Crippen molar-refractivity contribution in [2.45, 2.75) is 38.6 Å². The zero-order chi connectivity index (χ0) is 22.8. The van der Waals surface area contributed by atoms with Gasteiger partial charge in [0.1, 0.15) is 17.3 Å². The molecule has 1 aliphatic carbocycles. The minimum Gasteiger partial charge on any atom is -0.457 e. The van der Waals surface area contributed by atoms with Gasteiger partial charge in [0.25, 0.3) is 5.91 Å².